The van der Waals surface area contributed by atoms with Gasteiger partial charge < -0.3 is 5.73 Å². The molecular weight excluding hydrogens is 231 g/mol. The number of amides is 1. The zero-order valence-electron chi connectivity index (χ0n) is 5.01. The van der Waals surface area contributed by atoms with Crippen LogP contribution in [0.4, 0.5) is 0 Å². The molecule has 3 nitrogen and oxygen atoms in total. The van der Waals surface area contributed by atoms with E-state index in [9.17, 15) is 4.79 Å². The lowest BCUT2D eigenvalue weighted by molar-refractivity contribution is -0.120. The van der Waals surface area contributed by atoms with Crippen LogP contribution in [0.2, 0.25) is 0 Å². The molecule has 0 aliphatic carbocycles. The van der Waals surface area contributed by atoms with Crippen molar-refractivity contribution < 1.29 is 4.79 Å². The number of hydrogen-bond acceptors (Lipinski definition) is 2. The summed E-state index contributed by atoms with van der Waals surface area (Å²) in [4.78, 5) is 10.6. The summed E-state index contributed by atoms with van der Waals surface area (Å²) in [7, 11) is 0. The zero-order chi connectivity index (χ0) is 6.85. The van der Waals surface area contributed by atoms with Gasteiger partial charge in [0.1, 0.15) is 0 Å². The normalized spacial score (nSPS) is 28.8. The number of carbonyl (C=O) groups is 1. The summed E-state index contributed by atoms with van der Waals surface area (Å²) in [5.74, 6) is -0.193. The van der Waals surface area contributed by atoms with Crippen molar-refractivity contribution in [1.82, 2.24) is 3.11 Å². The second kappa shape index (κ2) is 2.83. The fourth-order valence-electron chi connectivity index (χ4n) is 1.01. The van der Waals surface area contributed by atoms with E-state index in [4.69, 9.17) is 5.73 Å². The first-order valence-electron chi connectivity index (χ1n) is 2.93. The quantitative estimate of drug-likeness (QED) is 0.528. The van der Waals surface area contributed by atoms with Crippen molar-refractivity contribution in [1.29, 1.82) is 0 Å². The van der Waals surface area contributed by atoms with Crippen molar-refractivity contribution in [3.05, 3.63) is 0 Å². The molecule has 0 aromatic heterocycles. The monoisotopic (exact) mass is 240 g/mol. The standard InChI is InChI=1S/C5H9IN2O/c6-8-3-1-2-4(8)5(7)9/h4H,1-3H2,(H2,7,9). The molecule has 0 aromatic carbocycles. The van der Waals surface area contributed by atoms with E-state index in [0.29, 0.717) is 0 Å². The van der Waals surface area contributed by atoms with Crippen molar-refractivity contribution in [3.8, 4) is 0 Å². The Morgan fingerprint density at radius 3 is 2.67 bits per heavy atom. The Hall–Kier alpha value is 0.160. The zero-order valence-corrected chi connectivity index (χ0v) is 7.17. The molecule has 1 unspecified atom stereocenters. The predicted molar refractivity (Wildman–Crippen MR) is 42.9 cm³/mol. The summed E-state index contributed by atoms with van der Waals surface area (Å²) in [6.45, 7) is 0.994. The lowest BCUT2D eigenvalue weighted by Gasteiger charge is -2.11. The number of halogens is 1. The van der Waals surface area contributed by atoms with Crippen LogP contribution < -0.4 is 5.73 Å². The maximum Gasteiger partial charge on any atom is 0.235 e. The molecule has 1 aliphatic rings. The molecule has 0 aromatic rings. The van der Waals surface area contributed by atoms with E-state index in [1.54, 1.807) is 0 Å². The Bertz CT molecular complexity index is 128. The lowest BCUT2D eigenvalue weighted by Crippen LogP contribution is -2.34. The number of carbonyl (C=O) groups excluding carboxylic acids is 1. The fourth-order valence-corrected chi connectivity index (χ4v) is 1.91. The molecule has 9 heavy (non-hydrogen) atoms. The van der Waals surface area contributed by atoms with Crippen molar-refractivity contribution >= 4 is 28.8 Å². The second-order valence-electron chi connectivity index (χ2n) is 2.18. The molecule has 1 saturated heterocycles. The van der Waals surface area contributed by atoms with Gasteiger partial charge in [-0.2, -0.15) is 0 Å². The van der Waals surface area contributed by atoms with Crippen molar-refractivity contribution in [2.24, 2.45) is 5.73 Å². The van der Waals surface area contributed by atoms with Gasteiger partial charge in [-0.1, -0.05) is 0 Å². The van der Waals surface area contributed by atoms with Gasteiger partial charge >= 0.3 is 0 Å². The van der Waals surface area contributed by atoms with Gasteiger partial charge in [-0.05, 0) is 12.8 Å². The van der Waals surface area contributed by atoms with E-state index in [2.05, 4.69) is 22.9 Å². The van der Waals surface area contributed by atoms with Crippen LogP contribution in [0.3, 0.4) is 0 Å². The molecule has 1 heterocycles. The fraction of sp³-hybridized carbons (Fsp3) is 0.800. The van der Waals surface area contributed by atoms with Gasteiger partial charge in [-0.25, -0.2) is 3.11 Å². The SMILES string of the molecule is NC(=O)C1CCCN1I. The highest BCUT2D eigenvalue weighted by Crippen LogP contribution is 2.20. The number of hydrogen-bond donors (Lipinski definition) is 1. The Morgan fingerprint density at radius 2 is 2.44 bits per heavy atom. The predicted octanol–water partition coefficient (Wildman–Crippen LogP) is 0.286. The topological polar surface area (TPSA) is 46.3 Å². The Balaban J connectivity index is 2.49. The second-order valence-corrected chi connectivity index (χ2v) is 3.42. The molecule has 0 bridgehead atoms. The van der Waals surface area contributed by atoms with E-state index < -0.39 is 0 Å². The minimum Gasteiger partial charge on any atom is -0.368 e. The van der Waals surface area contributed by atoms with Crippen LogP contribution in [0, 0.1) is 0 Å². The summed E-state index contributed by atoms with van der Waals surface area (Å²) in [5.41, 5.74) is 5.10. The Labute approximate surface area is 68.1 Å². The number of primary amides is 1. The van der Waals surface area contributed by atoms with Crippen LogP contribution in [-0.2, 0) is 4.79 Å². The summed E-state index contributed by atoms with van der Waals surface area (Å²) in [6, 6.07) is -0.00870. The minimum absolute atomic E-state index is 0.00870. The molecule has 52 valence electrons. The average molecular weight is 240 g/mol. The van der Waals surface area contributed by atoms with E-state index in [-0.39, 0.29) is 11.9 Å². The maximum atomic E-state index is 10.6. The first kappa shape index (κ1) is 7.27. The van der Waals surface area contributed by atoms with Gasteiger partial charge in [0.15, 0.2) is 0 Å². The summed E-state index contributed by atoms with van der Waals surface area (Å²) in [5, 5.41) is 0. The van der Waals surface area contributed by atoms with Gasteiger partial charge in [0.05, 0.1) is 6.04 Å². The highest BCUT2D eigenvalue weighted by molar-refractivity contribution is 14.1. The third-order valence-corrected chi connectivity index (χ3v) is 2.67. The lowest BCUT2D eigenvalue weighted by atomic mass is 10.2. The van der Waals surface area contributed by atoms with Gasteiger partial charge in [0.25, 0.3) is 0 Å². The van der Waals surface area contributed by atoms with Crippen LogP contribution in [0.25, 0.3) is 0 Å². The molecule has 2 N–H and O–H groups in total. The molecule has 1 fully saturated rings. The van der Waals surface area contributed by atoms with Crippen molar-refractivity contribution in [2.45, 2.75) is 18.9 Å². The molecule has 1 amide bonds. The van der Waals surface area contributed by atoms with Crippen molar-refractivity contribution in [3.63, 3.8) is 0 Å². The maximum absolute atomic E-state index is 10.6. The van der Waals surface area contributed by atoms with Crippen LogP contribution in [0.1, 0.15) is 12.8 Å². The molecule has 4 heteroatoms. The van der Waals surface area contributed by atoms with Gasteiger partial charge in [-0.15, -0.1) is 0 Å². The molecule has 1 rings (SSSR count). The number of rotatable bonds is 1. The highest BCUT2D eigenvalue weighted by atomic mass is 127. The third-order valence-electron chi connectivity index (χ3n) is 1.52. The third kappa shape index (κ3) is 1.54. The van der Waals surface area contributed by atoms with E-state index in [1.807, 2.05) is 3.11 Å². The number of nitrogens with zero attached hydrogens (tertiary/aromatic N) is 1. The molecular formula is C5H9IN2O. The molecule has 0 spiro atoms. The number of nitrogens with two attached hydrogens (primary N) is 1. The average Bonchev–Trinajstić information content (AvgIpc) is 2.13. The van der Waals surface area contributed by atoms with E-state index >= 15 is 0 Å². The van der Waals surface area contributed by atoms with E-state index in [0.717, 1.165) is 19.4 Å². The van der Waals surface area contributed by atoms with Crippen LogP contribution in [0.5, 0.6) is 0 Å². The first-order chi connectivity index (χ1) is 4.22. The van der Waals surface area contributed by atoms with Crippen LogP contribution >= 0.6 is 22.9 Å². The Morgan fingerprint density at radius 1 is 1.78 bits per heavy atom. The van der Waals surface area contributed by atoms with Crippen molar-refractivity contribution in [2.75, 3.05) is 6.54 Å². The van der Waals surface area contributed by atoms with Crippen LogP contribution in [-0.4, -0.2) is 21.6 Å². The first-order valence-corrected chi connectivity index (χ1v) is 3.90. The summed E-state index contributed by atoms with van der Waals surface area (Å²) in [6.07, 6.45) is 2.02. The summed E-state index contributed by atoms with van der Waals surface area (Å²) < 4.78 is 1.97. The van der Waals surface area contributed by atoms with Gasteiger partial charge in [0.2, 0.25) is 5.91 Å². The molecule has 1 aliphatic heterocycles. The minimum atomic E-state index is -0.193. The molecule has 0 saturated carbocycles. The highest BCUT2D eigenvalue weighted by Gasteiger charge is 2.26. The van der Waals surface area contributed by atoms with E-state index in [1.165, 1.54) is 0 Å². The summed E-state index contributed by atoms with van der Waals surface area (Å²) >= 11 is 2.14. The van der Waals surface area contributed by atoms with Gasteiger partial charge in [0, 0.05) is 29.4 Å². The Kier molecular flexibility index (Phi) is 2.29. The van der Waals surface area contributed by atoms with Gasteiger partial charge in [-0.3, -0.25) is 4.79 Å². The van der Waals surface area contributed by atoms with Crippen LogP contribution in [0.15, 0.2) is 0 Å². The largest absolute Gasteiger partial charge is 0.368 e. The molecule has 0 radical (unpaired) electrons. The smallest absolute Gasteiger partial charge is 0.235 e. The molecule has 1 atom stereocenters.